The number of ether oxygens (including phenoxy) is 2. The van der Waals surface area contributed by atoms with E-state index in [1.54, 1.807) is 14.2 Å². The Balaban J connectivity index is 1.41. The van der Waals surface area contributed by atoms with E-state index in [0.29, 0.717) is 5.57 Å². The predicted octanol–water partition coefficient (Wildman–Crippen LogP) is 7.50. The Kier molecular flexibility index (Phi) is 11.1. The Morgan fingerprint density at radius 3 is 1.63 bits per heavy atom. The molecule has 0 aromatic heterocycles. The van der Waals surface area contributed by atoms with Crippen LogP contribution in [0.2, 0.25) is 0 Å². The van der Waals surface area contributed by atoms with Crippen molar-refractivity contribution in [2.45, 2.75) is 18.4 Å². The summed E-state index contributed by atoms with van der Waals surface area (Å²) in [4.78, 5) is 0. The SMILES string of the molecule is COCc1c(CP(=O)(c2ccccc2)c2ccccc2)cc2ccccc2c1C1=c2ccccc2=CC(CP(=O)(c2ccccc2)c2ccccc2)C1(O)COC. The van der Waals surface area contributed by atoms with Gasteiger partial charge in [0.2, 0.25) is 0 Å². The lowest BCUT2D eigenvalue weighted by molar-refractivity contribution is -0.00708. The molecule has 57 heavy (non-hydrogen) atoms. The van der Waals surface area contributed by atoms with Gasteiger partial charge in [0.05, 0.1) is 13.2 Å². The number of methoxy groups -OCH3 is 2. The molecule has 7 aromatic carbocycles. The maximum atomic E-state index is 15.8. The van der Waals surface area contributed by atoms with Crippen molar-refractivity contribution in [1.82, 2.24) is 0 Å². The molecule has 0 saturated carbocycles. The minimum Gasteiger partial charge on any atom is -0.382 e. The molecule has 5 nitrogen and oxygen atoms in total. The van der Waals surface area contributed by atoms with Crippen LogP contribution in [-0.4, -0.2) is 37.7 Å². The molecule has 2 atom stereocenters. The number of hydrogen-bond acceptors (Lipinski definition) is 5. The first-order valence-electron chi connectivity index (χ1n) is 19.3. The molecule has 0 aliphatic heterocycles. The molecule has 0 amide bonds. The highest BCUT2D eigenvalue weighted by Gasteiger charge is 2.47. The van der Waals surface area contributed by atoms with Crippen LogP contribution in [0.15, 0.2) is 176 Å². The summed E-state index contributed by atoms with van der Waals surface area (Å²) in [5.41, 5.74) is 1.57. The van der Waals surface area contributed by atoms with Crippen LogP contribution < -0.4 is 31.7 Å². The molecule has 1 aliphatic rings. The highest BCUT2D eigenvalue weighted by atomic mass is 31.2. The van der Waals surface area contributed by atoms with E-state index in [1.807, 2.05) is 152 Å². The third kappa shape index (κ3) is 7.21. The summed E-state index contributed by atoms with van der Waals surface area (Å²) in [6.07, 6.45) is 2.48. The maximum absolute atomic E-state index is 15.8. The fraction of sp³-hybridized carbons (Fsp3) is 0.160. The molecule has 7 heteroatoms. The van der Waals surface area contributed by atoms with Crippen molar-refractivity contribution in [3.8, 4) is 0 Å². The Bertz CT molecular complexity index is 2650. The first kappa shape index (κ1) is 38.7. The van der Waals surface area contributed by atoms with Crippen molar-refractivity contribution in [2.75, 3.05) is 27.0 Å². The third-order valence-electron chi connectivity index (χ3n) is 11.3. The van der Waals surface area contributed by atoms with E-state index < -0.39 is 25.8 Å². The number of hydrogen-bond donors (Lipinski definition) is 1. The van der Waals surface area contributed by atoms with Gasteiger partial charge in [-0.1, -0.05) is 182 Å². The standard InChI is InChI=1S/C50H46O5P2/c1-54-33-47-39(34-56(52,41-21-7-3-8-22-41)42-23-9-4-10-24-42)31-37-19-15-17-29-45(37)48(47)49-46-30-18-16-20-38(46)32-40(50(49,51)36-55-2)35-57(53,43-25-11-5-12-26-43)44-27-13-6-14-28-44/h3-32,40,51H,33-36H2,1-2H3. The molecule has 0 bridgehead atoms. The van der Waals surface area contributed by atoms with Crippen molar-refractivity contribution in [2.24, 2.45) is 5.92 Å². The first-order chi connectivity index (χ1) is 27.8. The van der Waals surface area contributed by atoms with Gasteiger partial charge < -0.3 is 23.7 Å². The third-order valence-corrected chi connectivity index (χ3v) is 17.6. The summed E-state index contributed by atoms with van der Waals surface area (Å²) in [5.74, 6) is -0.633. The molecule has 0 spiro atoms. The van der Waals surface area contributed by atoms with Crippen LogP contribution in [0.5, 0.6) is 0 Å². The lowest BCUT2D eigenvalue weighted by Gasteiger charge is -2.41. The van der Waals surface area contributed by atoms with Gasteiger partial charge in [-0.3, -0.25) is 0 Å². The van der Waals surface area contributed by atoms with E-state index in [0.717, 1.165) is 59.1 Å². The van der Waals surface area contributed by atoms with Crippen LogP contribution in [0.1, 0.15) is 16.7 Å². The molecule has 0 radical (unpaired) electrons. The number of aliphatic hydroxyl groups is 1. The van der Waals surface area contributed by atoms with Crippen LogP contribution in [0.25, 0.3) is 22.4 Å². The summed E-state index contributed by atoms with van der Waals surface area (Å²) in [7, 11) is -3.31. The summed E-state index contributed by atoms with van der Waals surface area (Å²) in [6, 6.07) is 57.1. The maximum Gasteiger partial charge on any atom is 0.147 e. The van der Waals surface area contributed by atoms with Gasteiger partial charge in [-0.15, -0.1) is 0 Å². The summed E-state index contributed by atoms with van der Waals surface area (Å²) >= 11 is 0. The molecule has 286 valence electrons. The molecule has 8 rings (SSSR count). The summed E-state index contributed by atoms with van der Waals surface area (Å²) in [6.45, 7) is 0.146. The minimum atomic E-state index is -3.33. The van der Waals surface area contributed by atoms with Crippen LogP contribution >= 0.6 is 14.3 Å². The Hall–Kier alpha value is -5.12. The normalized spacial score (nSPS) is 16.9. The zero-order valence-electron chi connectivity index (χ0n) is 32.2. The first-order valence-corrected chi connectivity index (χ1v) is 23.0. The largest absolute Gasteiger partial charge is 0.382 e. The van der Waals surface area contributed by atoms with E-state index in [4.69, 9.17) is 9.47 Å². The van der Waals surface area contributed by atoms with Gasteiger partial charge in [-0.05, 0) is 37.9 Å². The quantitative estimate of drug-likeness (QED) is 0.123. The Labute approximate surface area is 334 Å². The Morgan fingerprint density at radius 1 is 0.596 bits per heavy atom. The second-order valence-corrected chi connectivity index (χ2v) is 20.5. The molecular weight excluding hydrogens is 742 g/mol. The summed E-state index contributed by atoms with van der Waals surface area (Å²) < 4.78 is 43.5. The second-order valence-electron chi connectivity index (χ2n) is 14.8. The topological polar surface area (TPSA) is 72.8 Å². The van der Waals surface area contributed by atoms with Crippen LogP contribution in [0.3, 0.4) is 0 Å². The van der Waals surface area contributed by atoms with E-state index >= 15 is 9.13 Å². The van der Waals surface area contributed by atoms with Gasteiger partial charge in [-0.25, -0.2) is 0 Å². The van der Waals surface area contributed by atoms with Gasteiger partial charge in [-0.2, -0.15) is 0 Å². The van der Waals surface area contributed by atoms with Crippen molar-refractivity contribution in [3.63, 3.8) is 0 Å². The van der Waals surface area contributed by atoms with Crippen LogP contribution in [-0.2, 0) is 31.4 Å². The highest BCUT2D eigenvalue weighted by molar-refractivity contribution is 7.78. The molecule has 0 saturated heterocycles. The van der Waals surface area contributed by atoms with Crippen LogP contribution in [0.4, 0.5) is 0 Å². The molecule has 7 aromatic rings. The monoisotopic (exact) mass is 788 g/mol. The fourth-order valence-electron chi connectivity index (χ4n) is 8.67. The van der Waals surface area contributed by atoms with Crippen molar-refractivity contribution >= 4 is 57.9 Å². The van der Waals surface area contributed by atoms with Crippen molar-refractivity contribution in [1.29, 1.82) is 0 Å². The zero-order valence-corrected chi connectivity index (χ0v) is 34.0. The van der Waals surface area contributed by atoms with Gasteiger partial charge in [0.1, 0.15) is 19.9 Å². The van der Waals surface area contributed by atoms with Crippen molar-refractivity contribution < 1.29 is 23.7 Å². The van der Waals surface area contributed by atoms with Gasteiger partial charge in [0.15, 0.2) is 0 Å². The second kappa shape index (κ2) is 16.4. The molecule has 1 N–H and O–H groups in total. The minimum absolute atomic E-state index is 0.0566. The molecule has 2 unspecified atom stereocenters. The average molecular weight is 789 g/mol. The van der Waals surface area contributed by atoms with Gasteiger partial charge in [0.25, 0.3) is 0 Å². The smallest absolute Gasteiger partial charge is 0.147 e. The van der Waals surface area contributed by atoms with Gasteiger partial charge >= 0.3 is 0 Å². The van der Waals surface area contributed by atoms with E-state index in [9.17, 15) is 5.11 Å². The number of rotatable bonds is 13. The number of fused-ring (bicyclic) bond motifs is 2. The van der Waals surface area contributed by atoms with Crippen LogP contribution in [0, 0.1) is 5.92 Å². The van der Waals surface area contributed by atoms with E-state index in [-0.39, 0.29) is 25.5 Å². The van der Waals surface area contributed by atoms with E-state index in [1.165, 1.54) is 0 Å². The lowest BCUT2D eigenvalue weighted by atomic mass is 9.72. The fourth-order valence-corrected chi connectivity index (χ4v) is 14.4. The van der Waals surface area contributed by atoms with Crippen molar-refractivity contribution in [3.05, 3.63) is 203 Å². The average Bonchev–Trinajstić information content (AvgIpc) is 3.26. The highest BCUT2D eigenvalue weighted by Crippen LogP contribution is 2.52. The van der Waals surface area contributed by atoms with Gasteiger partial charge in [0, 0.05) is 59.3 Å². The summed E-state index contributed by atoms with van der Waals surface area (Å²) in [5, 5.41) is 20.3. The molecular formula is C50H46O5P2. The van der Waals surface area contributed by atoms with E-state index in [2.05, 4.69) is 30.3 Å². The predicted molar refractivity (Wildman–Crippen MR) is 236 cm³/mol. The zero-order chi connectivity index (χ0) is 39.5. The number of benzene rings is 7. The molecule has 1 aliphatic carbocycles. The Morgan fingerprint density at radius 2 is 1.09 bits per heavy atom. The lowest BCUT2D eigenvalue weighted by Crippen LogP contribution is -2.53. The molecule has 0 fully saturated rings. The molecule has 0 heterocycles.